The van der Waals surface area contributed by atoms with Crippen LogP contribution in [0.25, 0.3) is 16.8 Å². The van der Waals surface area contributed by atoms with Gasteiger partial charge in [-0.1, -0.05) is 12.1 Å². The standard InChI is InChI=1S/C18H18N6O3S/c1-28(26,27)15-6-4-13(5-7-15)16-3-2-8-24-17(16)21-18(22-24)20-14-11-19-23(12-14)9-10-25/h2-8,11-12,25H,9-10H2,1H3,(H,20,22). The molecule has 28 heavy (non-hydrogen) atoms. The van der Waals surface area contributed by atoms with E-state index in [4.69, 9.17) is 5.11 Å². The van der Waals surface area contributed by atoms with Gasteiger partial charge in [0.2, 0.25) is 5.95 Å². The summed E-state index contributed by atoms with van der Waals surface area (Å²) in [5.74, 6) is 0.406. The fraction of sp³-hybridized carbons (Fsp3) is 0.167. The summed E-state index contributed by atoms with van der Waals surface area (Å²) in [5, 5.41) is 20.6. The molecule has 2 N–H and O–H groups in total. The Balaban J connectivity index is 1.67. The molecule has 0 aliphatic rings. The number of anilines is 2. The lowest BCUT2D eigenvalue weighted by atomic mass is 10.1. The van der Waals surface area contributed by atoms with Crippen LogP contribution < -0.4 is 5.32 Å². The van der Waals surface area contributed by atoms with Crippen molar-refractivity contribution in [3.63, 3.8) is 0 Å². The van der Waals surface area contributed by atoms with Crippen molar-refractivity contribution in [2.24, 2.45) is 0 Å². The zero-order valence-corrected chi connectivity index (χ0v) is 15.8. The molecule has 0 fully saturated rings. The largest absolute Gasteiger partial charge is 0.394 e. The van der Waals surface area contributed by atoms with Crippen molar-refractivity contribution in [1.82, 2.24) is 24.4 Å². The van der Waals surface area contributed by atoms with E-state index in [0.717, 1.165) is 11.1 Å². The summed E-state index contributed by atoms with van der Waals surface area (Å²) in [6.45, 7) is 0.420. The summed E-state index contributed by atoms with van der Waals surface area (Å²) in [5.41, 5.74) is 3.02. The topological polar surface area (TPSA) is 114 Å². The first-order chi connectivity index (χ1) is 13.4. The first-order valence-corrected chi connectivity index (χ1v) is 10.4. The Bertz CT molecular complexity index is 1230. The van der Waals surface area contributed by atoms with Gasteiger partial charge in [-0.05, 0) is 29.8 Å². The van der Waals surface area contributed by atoms with Crippen molar-refractivity contribution in [2.45, 2.75) is 11.4 Å². The fourth-order valence-corrected chi connectivity index (χ4v) is 3.48. The molecule has 144 valence electrons. The minimum Gasteiger partial charge on any atom is -0.394 e. The average molecular weight is 398 g/mol. The van der Waals surface area contributed by atoms with Gasteiger partial charge >= 0.3 is 0 Å². The van der Waals surface area contributed by atoms with E-state index in [-0.39, 0.29) is 11.5 Å². The van der Waals surface area contributed by atoms with Gasteiger partial charge in [-0.3, -0.25) is 4.68 Å². The third-order valence-corrected chi connectivity index (χ3v) is 5.30. The monoisotopic (exact) mass is 398 g/mol. The SMILES string of the molecule is CS(=O)(=O)c1ccc(-c2cccn3nc(Nc4cnn(CCO)c4)nc23)cc1. The van der Waals surface area contributed by atoms with Crippen molar-refractivity contribution in [3.05, 3.63) is 55.0 Å². The molecule has 0 aliphatic carbocycles. The van der Waals surface area contributed by atoms with Crippen LogP contribution in [0.5, 0.6) is 0 Å². The fourth-order valence-electron chi connectivity index (χ4n) is 2.85. The summed E-state index contributed by atoms with van der Waals surface area (Å²) in [6, 6.07) is 10.4. The van der Waals surface area contributed by atoms with E-state index in [1.165, 1.54) is 6.26 Å². The molecule has 0 radical (unpaired) electrons. The molecule has 0 unspecified atom stereocenters. The number of aliphatic hydroxyl groups excluding tert-OH is 1. The second-order valence-corrected chi connectivity index (χ2v) is 8.28. The van der Waals surface area contributed by atoms with Crippen LogP contribution in [0.2, 0.25) is 0 Å². The van der Waals surface area contributed by atoms with Gasteiger partial charge in [0.1, 0.15) is 0 Å². The van der Waals surface area contributed by atoms with Crippen molar-refractivity contribution in [1.29, 1.82) is 0 Å². The third-order valence-electron chi connectivity index (χ3n) is 4.17. The normalized spacial score (nSPS) is 11.8. The lowest BCUT2D eigenvalue weighted by Gasteiger charge is -2.04. The number of sulfone groups is 1. The van der Waals surface area contributed by atoms with Crippen LogP contribution >= 0.6 is 0 Å². The smallest absolute Gasteiger partial charge is 0.247 e. The van der Waals surface area contributed by atoms with E-state index in [9.17, 15) is 8.42 Å². The second-order valence-electron chi connectivity index (χ2n) is 6.26. The van der Waals surface area contributed by atoms with Crippen LogP contribution in [0.15, 0.2) is 59.9 Å². The highest BCUT2D eigenvalue weighted by atomic mass is 32.2. The maximum Gasteiger partial charge on any atom is 0.247 e. The molecule has 3 heterocycles. The Hall–Kier alpha value is -3.24. The molecule has 0 saturated heterocycles. The van der Waals surface area contributed by atoms with Gasteiger partial charge in [0.05, 0.1) is 29.9 Å². The Labute approximate surface area is 161 Å². The van der Waals surface area contributed by atoms with Gasteiger partial charge < -0.3 is 10.4 Å². The second kappa shape index (κ2) is 7.06. The van der Waals surface area contributed by atoms with E-state index in [2.05, 4.69) is 20.5 Å². The van der Waals surface area contributed by atoms with E-state index in [1.807, 2.05) is 12.1 Å². The minimum absolute atomic E-state index is 0.00914. The molecular formula is C18H18N6O3S. The summed E-state index contributed by atoms with van der Waals surface area (Å²) in [6.07, 6.45) is 6.36. The number of hydrogen-bond acceptors (Lipinski definition) is 7. The van der Waals surface area contributed by atoms with E-state index >= 15 is 0 Å². The predicted molar refractivity (Wildman–Crippen MR) is 104 cm³/mol. The number of nitrogens with one attached hydrogen (secondary N) is 1. The van der Waals surface area contributed by atoms with Gasteiger partial charge in [-0.2, -0.15) is 10.1 Å². The van der Waals surface area contributed by atoms with Gasteiger partial charge in [0.15, 0.2) is 15.5 Å². The number of rotatable bonds is 6. The number of pyridine rings is 1. The van der Waals surface area contributed by atoms with Crippen molar-refractivity contribution >= 4 is 27.1 Å². The molecule has 0 saturated carbocycles. The molecule has 0 amide bonds. The summed E-state index contributed by atoms with van der Waals surface area (Å²) >= 11 is 0. The molecule has 0 atom stereocenters. The van der Waals surface area contributed by atoms with Gasteiger partial charge in [0, 0.05) is 24.2 Å². The van der Waals surface area contributed by atoms with Crippen LogP contribution in [0.4, 0.5) is 11.6 Å². The Morgan fingerprint density at radius 2 is 1.96 bits per heavy atom. The number of aliphatic hydroxyl groups is 1. The van der Waals surface area contributed by atoms with E-state index in [0.29, 0.717) is 23.8 Å². The molecule has 0 spiro atoms. The number of hydrogen-bond donors (Lipinski definition) is 2. The van der Waals surface area contributed by atoms with Crippen molar-refractivity contribution in [2.75, 3.05) is 18.2 Å². The van der Waals surface area contributed by atoms with Crippen LogP contribution in [-0.2, 0) is 16.4 Å². The van der Waals surface area contributed by atoms with Gasteiger partial charge in [-0.15, -0.1) is 5.10 Å². The molecule has 10 heteroatoms. The highest BCUT2D eigenvalue weighted by Crippen LogP contribution is 2.26. The lowest BCUT2D eigenvalue weighted by molar-refractivity contribution is 0.269. The molecular weight excluding hydrogens is 380 g/mol. The lowest BCUT2D eigenvalue weighted by Crippen LogP contribution is -2.01. The summed E-state index contributed by atoms with van der Waals surface area (Å²) < 4.78 is 26.6. The predicted octanol–water partition coefficient (Wildman–Crippen LogP) is 1.73. The first-order valence-electron chi connectivity index (χ1n) is 8.50. The maximum absolute atomic E-state index is 11.7. The van der Waals surface area contributed by atoms with E-state index in [1.54, 1.807) is 52.1 Å². The van der Waals surface area contributed by atoms with Crippen LogP contribution in [-0.4, -0.2) is 50.8 Å². The molecule has 0 aliphatic heterocycles. The van der Waals surface area contributed by atoms with Crippen molar-refractivity contribution < 1.29 is 13.5 Å². The molecule has 1 aromatic carbocycles. The van der Waals surface area contributed by atoms with Crippen molar-refractivity contribution in [3.8, 4) is 11.1 Å². The molecule has 3 aromatic heterocycles. The third kappa shape index (κ3) is 3.59. The zero-order valence-electron chi connectivity index (χ0n) is 15.0. The Morgan fingerprint density at radius 1 is 1.18 bits per heavy atom. The zero-order chi connectivity index (χ0) is 19.7. The highest BCUT2D eigenvalue weighted by Gasteiger charge is 2.12. The van der Waals surface area contributed by atoms with Gasteiger partial charge in [-0.25, -0.2) is 12.9 Å². The van der Waals surface area contributed by atoms with Crippen LogP contribution in [0.1, 0.15) is 0 Å². The van der Waals surface area contributed by atoms with E-state index < -0.39 is 9.84 Å². The molecule has 9 nitrogen and oxygen atoms in total. The molecule has 0 bridgehead atoms. The average Bonchev–Trinajstić information content (AvgIpc) is 3.27. The number of benzene rings is 1. The highest BCUT2D eigenvalue weighted by molar-refractivity contribution is 7.90. The summed E-state index contributed by atoms with van der Waals surface area (Å²) in [7, 11) is -3.24. The maximum atomic E-state index is 11.7. The quantitative estimate of drug-likeness (QED) is 0.508. The minimum atomic E-state index is -3.24. The number of nitrogens with zero attached hydrogens (tertiary/aromatic N) is 5. The molecule has 4 rings (SSSR count). The number of fused-ring (bicyclic) bond motifs is 1. The number of aromatic nitrogens is 5. The summed E-state index contributed by atoms with van der Waals surface area (Å²) in [4.78, 5) is 4.82. The Kier molecular flexibility index (Phi) is 4.57. The van der Waals surface area contributed by atoms with Crippen LogP contribution in [0, 0.1) is 0 Å². The van der Waals surface area contributed by atoms with Gasteiger partial charge in [0.25, 0.3) is 0 Å². The molecule has 4 aromatic rings. The van der Waals surface area contributed by atoms with Crippen LogP contribution in [0.3, 0.4) is 0 Å². The first kappa shape index (κ1) is 18.1. The Morgan fingerprint density at radius 3 is 2.68 bits per heavy atom.